The van der Waals surface area contributed by atoms with E-state index in [0.717, 1.165) is 0 Å². The Bertz CT molecular complexity index is 921. The van der Waals surface area contributed by atoms with Gasteiger partial charge >= 0.3 is 0 Å². The Balaban J connectivity index is 1.84. The van der Waals surface area contributed by atoms with Crippen molar-refractivity contribution in [2.45, 2.75) is 18.6 Å². The van der Waals surface area contributed by atoms with Gasteiger partial charge in [0.15, 0.2) is 5.78 Å². The van der Waals surface area contributed by atoms with Crippen molar-refractivity contribution in [3.63, 3.8) is 0 Å². The van der Waals surface area contributed by atoms with Gasteiger partial charge in [-0.2, -0.15) is 0 Å². The van der Waals surface area contributed by atoms with E-state index in [0.29, 0.717) is 20.5 Å². The zero-order valence-electron chi connectivity index (χ0n) is 14.4. The number of nitrogens with one attached hydrogen (secondary N) is 2. The first kappa shape index (κ1) is 21.3. The summed E-state index contributed by atoms with van der Waals surface area (Å²) in [5.74, 6) is -0.582. The van der Waals surface area contributed by atoms with Crippen molar-refractivity contribution in [3.05, 3.63) is 63.8 Å². The summed E-state index contributed by atoms with van der Waals surface area (Å²) in [6.07, 6.45) is 1.61. The molecule has 27 heavy (non-hydrogen) atoms. The number of Topliss-reactive ketones (excluding diaryl/α,β-unsaturated/α-hetero) is 1. The molecule has 2 N–H and O–H groups in total. The molecule has 1 amide bonds. The number of hydrogen-bond donors (Lipinski definition) is 2. The van der Waals surface area contributed by atoms with E-state index in [9.17, 15) is 18.0 Å². The Kier molecular flexibility index (Phi) is 7.73. The van der Waals surface area contributed by atoms with Crippen LogP contribution >= 0.6 is 22.9 Å². The van der Waals surface area contributed by atoms with Gasteiger partial charge in [0.05, 0.1) is 15.0 Å². The third kappa shape index (κ3) is 7.26. The van der Waals surface area contributed by atoms with Crippen molar-refractivity contribution in [2.24, 2.45) is 0 Å². The van der Waals surface area contributed by atoms with Crippen LogP contribution in [-0.4, -0.2) is 26.7 Å². The number of amides is 1. The van der Waals surface area contributed by atoms with Crippen LogP contribution in [-0.2, 0) is 20.6 Å². The summed E-state index contributed by atoms with van der Waals surface area (Å²) in [6.45, 7) is 3.63. The molecule has 6 nitrogen and oxygen atoms in total. The molecule has 0 aliphatic rings. The van der Waals surface area contributed by atoms with E-state index >= 15 is 0 Å². The third-order valence-electron chi connectivity index (χ3n) is 3.47. The molecule has 0 saturated carbocycles. The van der Waals surface area contributed by atoms with E-state index in [4.69, 9.17) is 11.6 Å². The normalized spacial score (nSPS) is 11.1. The summed E-state index contributed by atoms with van der Waals surface area (Å²) in [6, 6.07) is 9.79. The van der Waals surface area contributed by atoms with Gasteiger partial charge in [0.1, 0.15) is 0 Å². The fourth-order valence-corrected chi connectivity index (χ4v) is 4.29. The molecule has 2 rings (SSSR count). The summed E-state index contributed by atoms with van der Waals surface area (Å²) in [7, 11) is -3.43. The number of hydrogen-bond acceptors (Lipinski definition) is 5. The first-order chi connectivity index (χ1) is 12.8. The number of sulfonamides is 1. The second-order valence-corrected chi connectivity index (χ2v) is 9.19. The second kappa shape index (κ2) is 9.80. The van der Waals surface area contributed by atoms with Gasteiger partial charge in [0, 0.05) is 25.1 Å². The van der Waals surface area contributed by atoms with Gasteiger partial charge in [-0.05, 0) is 29.8 Å². The lowest BCUT2D eigenvalue weighted by Crippen LogP contribution is -2.25. The van der Waals surface area contributed by atoms with Crippen LogP contribution in [0.15, 0.2) is 49.1 Å². The number of anilines is 1. The van der Waals surface area contributed by atoms with Crippen LogP contribution in [0.2, 0.25) is 4.34 Å². The topological polar surface area (TPSA) is 92.3 Å². The van der Waals surface area contributed by atoms with Crippen LogP contribution in [0.4, 0.5) is 5.69 Å². The monoisotopic (exact) mass is 426 g/mol. The number of rotatable bonds is 10. The number of thiophene rings is 1. The minimum absolute atomic E-state index is 0.0515. The first-order valence-electron chi connectivity index (χ1n) is 8.04. The maximum absolute atomic E-state index is 12.0. The van der Waals surface area contributed by atoms with Crippen molar-refractivity contribution in [3.8, 4) is 0 Å². The summed E-state index contributed by atoms with van der Waals surface area (Å²) < 4.78 is 26.6. The fourth-order valence-electron chi connectivity index (χ4n) is 2.18. The molecule has 0 radical (unpaired) electrons. The highest BCUT2D eigenvalue weighted by Gasteiger charge is 2.13. The van der Waals surface area contributed by atoms with Crippen LogP contribution in [0, 0.1) is 0 Å². The molecule has 0 fully saturated rings. The van der Waals surface area contributed by atoms with Gasteiger partial charge in [0.25, 0.3) is 0 Å². The van der Waals surface area contributed by atoms with Gasteiger partial charge in [0.2, 0.25) is 15.9 Å². The highest BCUT2D eigenvalue weighted by molar-refractivity contribution is 7.88. The summed E-state index contributed by atoms with van der Waals surface area (Å²) in [5.41, 5.74) is 1.13. The smallest absolute Gasteiger partial charge is 0.224 e. The average molecular weight is 427 g/mol. The van der Waals surface area contributed by atoms with Crippen molar-refractivity contribution in [1.82, 2.24) is 4.72 Å². The van der Waals surface area contributed by atoms with Crippen LogP contribution in [0.5, 0.6) is 0 Å². The zero-order chi connectivity index (χ0) is 19.9. The molecule has 0 spiro atoms. The van der Waals surface area contributed by atoms with Gasteiger partial charge in [-0.3, -0.25) is 9.59 Å². The number of carbonyl (C=O) groups excluding carboxylic acids is 2. The fraction of sp³-hybridized carbons (Fsp3) is 0.222. The van der Waals surface area contributed by atoms with Crippen molar-refractivity contribution in [2.75, 3.05) is 11.9 Å². The lowest BCUT2D eigenvalue weighted by atomic mass is 10.2. The molecule has 0 saturated heterocycles. The third-order valence-corrected chi connectivity index (χ3v) is 6.06. The lowest BCUT2D eigenvalue weighted by Gasteiger charge is -2.07. The molecule has 1 aromatic heterocycles. The summed E-state index contributed by atoms with van der Waals surface area (Å²) in [4.78, 5) is 24.5. The maximum Gasteiger partial charge on any atom is 0.224 e. The van der Waals surface area contributed by atoms with E-state index in [-0.39, 0.29) is 36.8 Å². The number of benzene rings is 1. The molecule has 1 aromatic carbocycles. The van der Waals surface area contributed by atoms with Crippen LogP contribution in [0.1, 0.15) is 28.1 Å². The standard InChI is InChI=1S/C18H19ClN2O4S2/c1-2-11-20-27(24,25)12-13-3-5-14(6-4-13)21-18(23)10-7-15(22)16-8-9-17(19)26-16/h2-6,8-9,20H,1,7,10-12H2,(H,21,23). The average Bonchev–Trinajstić information content (AvgIpc) is 3.06. The van der Waals surface area contributed by atoms with E-state index < -0.39 is 10.0 Å². The molecule has 0 unspecified atom stereocenters. The Morgan fingerprint density at radius 1 is 1.11 bits per heavy atom. The van der Waals surface area contributed by atoms with E-state index in [1.807, 2.05) is 0 Å². The molecule has 0 aliphatic carbocycles. The molecule has 1 heterocycles. The predicted molar refractivity (Wildman–Crippen MR) is 109 cm³/mol. The highest BCUT2D eigenvalue weighted by atomic mass is 35.5. The quantitative estimate of drug-likeness (QED) is 0.448. The summed E-state index contributed by atoms with van der Waals surface area (Å²) in [5, 5.41) is 2.69. The molecule has 2 aromatic rings. The minimum atomic E-state index is -3.43. The zero-order valence-corrected chi connectivity index (χ0v) is 16.8. The Morgan fingerprint density at radius 3 is 2.41 bits per heavy atom. The predicted octanol–water partition coefficient (Wildman–Crippen LogP) is 3.61. The van der Waals surface area contributed by atoms with Crippen LogP contribution in [0.25, 0.3) is 0 Å². The van der Waals surface area contributed by atoms with E-state index in [1.165, 1.54) is 17.4 Å². The SMILES string of the molecule is C=CCNS(=O)(=O)Cc1ccc(NC(=O)CCC(=O)c2ccc(Cl)s2)cc1. The van der Waals surface area contributed by atoms with Gasteiger partial charge in [-0.15, -0.1) is 17.9 Å². The van der Waals surface area contributed by atoms with E-state index in [2.05, 4.69) is 16.6 Å². The number of halogens is 1. The Hall–Kier alpha value is -2.00. The largest absolute Gasteiger partial charge is 0.326 e. The molecule has 0 aliphatic heterocycles. The number of carbonyl (C=O) groups is 2. The molecule has 0 bridgehead atoms. The van der Waals surface area contributed by atoms with E-state index in [1.54, 1.807) is 36.4 Å². The highest BCUT2D eigenvalue weighted by Crippen LogP contribution is 2.23. The Labute approximate surface area is 167 Å². The number of ketones is 1. The minimum Gasteiger partial charge on any atom is -0.326 e. The van der Waals surface area contributed by atoms with Gasteiger partial charge in [-0.1, -0.05) is 29.8 Å². The molecular weight excluding hydrogens is 408 g/mol. The molecule has 9 heteroatoms. The van der Waals surface area contributed by atoms with Crippen LogP contribution in [0.3, 0.4) is 0 Å². The lowest BCUT2D eigenvalue weighted by molar-refractivity contribution is -0.116. The molecular formula is C18H19ClN2O4S2. The van der Waals surface area contributed by atoms with Crippen LogP contribution < -0.4 is 10.0 Å². The second-order valence-electron chi connectivity index (χ2n) is 5.67. The summed E-state index contributed by atoms with van der Waals surface area (Å²) >= 11 is 6.98. The molecule has 144 valence electrons. The Morgan fingerprint density at radius 2 is 1.81 bits per heavy atom. The first-order valence-corrected chi connectivity index (χ1v) is 10.9. The van der Waals surface area contributed by atoms with Crippen molar-refractivity contribution >= 4 is 50.3 Å². The maximum atomic E-state index is 12.0. The van der Waals surface area contributed by atoms with Gasteiger partial charge < -0.3 is 5.32 Å². The molecule has 0 atom stereocenters. The van der Waals surface area contributed by atoms with Gasteiger partial charge in [-0.25, -0.2) is 13.1 Å². The van der Waals surface area contributed by atoms with Crippen molar-refractivity contribution in [1.29, 1.82) is 0 Å². The van der Waals surface area contributed by atoms with Crippen molar-refractivity contribution < 1.29 is 18.0 Å².